The SMILES string of the molecule is CCCNC(CC)CN1C(=O)CC(C)CC1=O. The number of piperidine rings is 1. The van der Waals surface area contributed by atoms with E-state index in [1.807, 2.05) is 6.92 Å². The van der Waals surface area contributed by atoms with E-state index in [9.17, 15) is 9.59 Å². The summed E-state index contributed by atoms with van der Waals surface area (Å²) < 4.78 is 0. The second-order valence-corrected chi connectivity index (χ2v) is 4.97. The van der Waals surface area contributed by atoms with E-state index in [0.29, 0.717) is 19.4 Å². The van der Waals surface area contributed by atoms with E-state index in [4.69, 9.17) is 0 Å². The van der Waals surface area contributed by atoms with Gasteiger partial charge >= 0.3 is 0 Å². The maximum atomic E-state index is 11.8. The van der Waals surface area contributed by atoms with Gasteiger partial charge in [0.25, 0.3) is 0 Å². The first-order valence-electron chi connectivity index (χ1n) is 6.65. The third-order valence-corrected chi connectivity index (χ3v) is 3.23. The minimum Gasteiger partial charge on any atom is -0.312 e. The monoisotopic (exact) mass is 240 g/mol. The fourth-order valence-corrected chi connectivity index (χ4v) is 2.14. The highest BCUT2D eigenvalue weighted by Gasteiger charge is 2.31. The zero-order valence-corrected chi connectivity index (χ0v) is 11.2. The zero-order valence-electron chi connectivity index (χ0n) is 11.2. The molecule has 0 saturated carbocycles. The fourth-order valence-electron chi connectivity index (χ4n) is 2.14. The lowest BCUT2D eigenvalue weighted by atomic mass is 9.97. The van der Waals surface area contributed by atoms with E-state index >= 15 is 0 Å². The van der Waals surface area contributed by atoms with Crippen LogP contribution < -0.4 is 5.32 Å². The predicted octanol–water partition coefficient (Wildman–Crippen LogP) is 1.55. The van der Waals surface area contributed by atoms with Gasteiger partial charge in [-0.15, -0.1) is 0 Å². The average molecular weight is 240 g/mol. The van der Waals surface area contributed by atoms with Crippen LogP contribution in [0.5, 0.6) is 0 Å². The molecule has 0 aromatic carbocycles. The smallest absolute Gasteiger partial charge is 0.229 e. The van der Waals surface area contributed by atoms with Gasteiger partial charge in [0.05, 0.1) is 0 Å². The van der Waals surface area contributed by atoms with E-state index in [-0.39, 0.29) is 23.8 Å². The van der Waals surface area contributed by atoms with Gasteiger partial charge in [-0.3, -0.25) is 14.5 Å². The van der Waals surface area contributed by atoms with Crippen LogP contribution in [0.1, 0.15) is 46.5 Å². The lowest BCUT2D eigenvalue weighted by molar-refractivity contribution is -0.150. The van der Waals surface area contributed by atoms with Crippen molar-refractivity contribution in [2.45, 2.75) is 52.5 Å². The van der Waals surface area contributed by atoms with Crippen molar-refractivity contribution in [3.63, 3.8) is 0 Å². The van der Waals surface area contributed by atoms with Crippen LogP contribution in [0.3, 0.4) is 0 Å². The van der Waals surface area contributed by atoms with Crippen LogP contribution in [0, 0.1) is 5.92 Å². The Morgan fingerprint density at radius 1 is 1.29 bits per heavy atom. The molecule has 1 aliphatic rings. The number of hydrogen-bond acceptors (Lipinski definition) is 3. The van der Waals surface area contributed by atoms with Crippen molar-refractivity contribution in [1.82, 2.24) is 10.2 Å². The van der Waals surface area contributed by atoms with Gasteiger partial charge in [0, 0.05) is 25.4 Å². The average Bonchev–Trinajstić information content (AvgIpc) is 2.27. The van der Waals surface area contributed by atoms with Gasteiger partial charge in [0.1, 0.15) is 0 Å². The summed E-state index contributed by atoms with van der Waals surface area (Å²) in [5.41, 5.74) is 0. The molecule has 4 heteroatoms. The lowest BCUT2D eigenvalue weighted by Gasteiger charge is -2.31. The van der Waals surface area contributed by atoms with Crippen molar-refractivity contribution in [3.05, 3.63) is 0 Å². The molecule has 0 aliphatic carbocycles. The van der Waals surface area contributed by atoms with Crippen LogP contribution in [0.4, 0.5) is 0 Å². The predicted molar refractivity (Wildman–Crippen MR) is 67.5 cm³/mol. The van der Waals surface area contributed by atoms with Gasteiger partial charge in [-0.05, 0) is 25.3 Å². The Hall–Kier alpha value is -0.900. The van der Waals surface area contributed by atoms with E-state index in [0.717, 1.165) is 19.4 Å². The van der Waals surface area contributed by atoms with Crippen molar-refractivity contribution in [1.29, 1.82) is 0 Å². The van der Waals surface area contributed by atoms with Crippen LogP contribution in [-0.4, -0.2) is 35.8 Å². The molecule has 4 nitrogen and oxygen atoms in total. The molecule has 2 amide bonds. The van der Waals surface area contributed by atoms with E-state index < -0.39 is 0 Å². The number of likely N-dealkylation sites (tertiary alicyclic amines) is 1. The van der Waals surface area contributed by atoms with Gasteiger partial charge in [-0.1, -0.05) is 20.8 Å². The minimum absolute atomic E-state index is 0.00880. The van der Waals surface area contributed by atoms with Crippen LogP contribution in [0.25, 0.3) is 0 Å². The van der Waals surface area contributed by atoms with E-state index in [1.54, 1.807) is 0 Å². The number of nitrogens with zero attached hydrogens (tertiary/aromatic N) is 1. The number of rotatable bonds is 6. The van der Waals surface area contributed by atoms with E-state index in [2.05, 4.69) is 19.2 Å². The number of nitrogens with one attached hydrogen (secondary N) is 1. The molecule has 98 valence electrons. The van der Waals surface area contributed by atoms with Crippen LogP contribution in [0.2, 0.25) is 0 Å². The minimum atomic E-state index is -0.00880. The van der Waals surface area contributed by atoms with Crippen molar-refractivity contribution >= 4 is 11.8 Å². The second-order valence-electron chi connectivity index (χ2n) is 4.97. The van der Waals surface area contributed by atoms with E-state index in [1.165, 1.54) is 4.90 Å². The van der Waals surface area contributed by atoms with Crippen LogP contribution in [-0.2, 0) is 9.59 Å². The number of carbonyl (C=O) groups is 2. The topological polar surface area (TPSA) is 49.4 Å². The molecule has 0 radical (unpaired) electrons. The summed E-state index contributed by atoms with van der Waals surface area (Å²) in [7, 11) is 0. The highest BCUT2D eigenvalue weighted by molar-refractivity contribution is 5.97. The molecular formula is C13H24N2O2. The Labute approximate surface area is 104 Å². The third kappa shape index (κ3) is 4.11. The van der Waals surface area contributed by atoms with Gasteiger partial charge < -0.3 is 5.32 Å². The number of carbonyl (C=O) groups excluding carboxylic acids is 2. The summed E-state index contributed by atoms with van der Waals surface area (Å²) >= 11 is 0. The highest BCUT2D eigenvalue weighted by atomic mass is 16.2. The van der Waals surface area contributed by atoms with Crippen molar-refractivity contribution in [2.75, 3.05) is 13.1 Å². The lowest BCUT2D eigenvalue weighted by Crippen LogP contribution is -2.49. The van der Waals surface area contributed by atoms with Gasteiger partial charge in [-0.25, -0.2) is 0 Å². The standard InChI is InChI=1S/C13H24N2O2/c1-4-6-14-11(5-2)9-15-12(16)7-10(3)8-13(15)17/h10-11,14H,4-9H2,1-3H3. The highest BCUT2D eigenvalue weighted by Crippen LogP contribution is 2.19. The zero-order chi connectivity index (χ0) is 12.8. The van der Waals surface area contributed by atoms with Gasteiger partial charge in [0.2, 0.25) is 11.8 Å². The van der Waals surface area contributed by atoms with Crippen LogP contribution >= 0.6 is 0 Å². The quantitative estimate of drug-likeness (QED) is 0.717. The molecule has 1 rings (SSSR count). The number of hydrogen-bond donors (Lipinski definition) is 1. The van der Waals surface area contributed by atoms with Crippen molar-refractivity contribution in [2.24, 2.45) is 5.92 Å². The number of imide groups is 1. The summed E-state index contributed by atoms with van der Waals surface area (Å²) in [6, 6.07) is 0.233. The molecule has 1 fully saturated rings. The second kappa shape index (κ2) is 6.74. The normalized spacial score (nSPS) is 19.8. The Morgan fingerprint density at radius 3 is 2.35 bits per heavy atom. The van der Waals surface area contributed by atoms with Crippen LogP contribution in [0.15, 0.2) is 0 Å². The molecule has 0 aromatic heterocycles. The summed E-state index contributed by atoms with van der Waals surface area (Å²) in [6.07, 6.45) is 3.02. The van der Waals surface area contributed by atoms with Crippen molar-refractivity contribution < 1.29 is 9.59 Å². The molecule has 0 aromatic rings. The first-order valence-corrected chi connectivity index (χ1v) is 6.65. The molecule has 1 saturated heterocycles. The molecule has 0 bridgehead atoms. The van der Waals surface area contributed by atoms with Gasteiger partial charge in [-0.2, -0.15) is 0 Å². The molecule has 0 spiro atoms. The first kappa shape index (κ1) is 14.2. The van der Waals surface area contributed by atoms with Gasteiger partial charge in [0.15, 0.2) is 0 Å². The Morgan fingerprint density at radius 2 is 1.88 bits per heavy atom. The molecule has 1 unspecified atom stereocenters. The first-order chi connectivity index (χ1) is 8.08. The molecular weight excluding hydrogens is 216 g/mol. The Bertz CT molecular complexity index is 261. The maximum absolute atomic E-state index is 11.8. The number of amides is 2. The maximum Gasteiger partial charge on any atom is 0.229 e. The largest absolute Gasteiger partial charge is 0.312 e. The molecule has 17 heavy (non-hydrogen) atoms. The Balaban J connectivity index is 2.53. The summed E-state index contributed by atoms with van der Waals surface area (Å²) in [6.45, 7) is 7.61. The Kier molecular flexibility index (Phi) is 5.62. The summed E-state index contributed by atoms with van der Waals surface area (Å²) in [4.78, 5) is 25.1. The summed E-state index contributed by atoms with van der Waals surface area (Å²) in [5, 5.41) is 3.37. The fraction of sp³-hybridized carbons (Fsp3) is 0.846. The van der Waals surface area contributed by atoms with Crippen molar-refractivity contribution in [3.8, 4) is 0 Å². The molecule has 1 atom stereocenters. The molecule has 1 aliphatic heterocycles. The molecule has 1 heterocycles. The molecule has 1 N–H and O–H groups in total. The summed E-state index contributed by atoms with van der Waals surface area (Å²) in [5.74, 6) is 0.186. The third-order valence-electron chi connectivity index (χ3n) is 3.23.